The first-order valence-electron chi connectivity index (χ1n) is 9.44. The maximum absolute atomic E-state index is 12.7. The third-order valence-corrected chi connectivity index (χ3v) is 4.68. The number of carbonyl (C=O) groups excluding carboxylic acids is 1. The minimum atomic E-state index is -2.89. The van der Waals surface area contributed by atoms with Crippen LogP contribution in [0.5, 0.6) is 5.75 Å². The molecule has 8 heteroatoms. The zero-order valence-corrected chi connectivity index (χ0v) is 16.2. The largest absolute Gasteiger partial charge is 0.434 e. The molecule has 154 valence electrons. The molecule has 0 radical (unpaired) electrons. The van der Waals surface area contributed by atoms with Crippen molar-refractivity contribution in [2.75, 3.05) is 25.0 Å². The summed E-state index contributed by atoms with van der Waals surface area (Å²) < 4.78 is 29.6. The molecule has 0 aromatic heterocycles. The molecule has 0 bridgehead atoms. The summed E-state index contributed by atoms with van der Waals surface area (Å²) in [4.78, 5) is 18.6. The Bertz CT molecular complexity index is 873. The fourth-order valence-corrected chi connectivity index (χ4v) is 3.31. The molecule has 2 N–H and O–H groups in total. The topological polar surface area (TPSA) is 66.0 Å². The summed E-state index contributed by atoms with van der Waals surface area (Å²) in [7, 11) is 1.58. The number of nitrogens with zero attached hydrogens (tertiary/aromatic N) is 2. The number of nitrogens with one attached hydrogen (secondary N) is 2. The number of halogens is 2. The highest BCUT2D eigenvalue weighted by molar-refractivity contribution is 5.98. The number of anilines is 1. The van der Waals surface area contributed by atoms with E-state index in [0.717, 1.165) is 18.5 Å². The zero-order chi connectivity index (χ0) is 20.6. The molecule has 1 aliphatic rings. The number of rotatable bonds is 6. The molecular weight excluding hydrogens is 378 g/mol. The van der Waals surface area contributed by atoms with Gasteiger partial charge in [0.05, 0.1) is 6.54 Å². The van der Waals surface area contributed by atoms with Crippen LogP contribution >= 0.6 is 0 Å². The van der Waals surface area contributed by atoms with E-state index in [4.69, 9.17) is 0 Å². The van der Waals surface area contributed by atoms with E-state index in [9.17, 15) is 13.6 Å². The minimum absolute atomic E-state index is 0.0541. The lowest BCUT2D eigenvalue weighted by Crippen LogP contribution is -2.45. The molecule has 0 atom stereocenters. The lowest BCUT2D eigenvalue weighted by molar-refractivity contribution is -0.117. The SMILES string of the molecule is CN=C(NCC(=O)N1CCCc2ccccc21)NCc1ccccc1OC(F)F. The lowest BCUT2D eigenvalue weighted by atomic mass is 10.0. The first-order valence-corrected chi connectivity index (χ1v) is 9.44. The Labute approximate surface area is 168 Å². The Hall–Kier alpha value is -3.16. The van der Waals surface area contributed by atoms with Crippen LogP contribution in [0.3, 0.4) is 0 Å². The van der Waals surface area contributed by atoms with E-state index in [0.29, 0.717) is 18.1 Å². The van der Waals surface area contributed by atoms with Gasteiger partial charge < -0.3 is 20.3 Å². The van der Waals surface area contributed by atoms with Gasteiger partial charge in [0.15, 0.2) is 5.96 Å². The van der Waals surface area contributed by atoms with Crippen LogP contribution in [-0.2, 0) is 17.8 Å². The summed E-state index contributed by atoms with van der Waals surface area (Å²) >= 11 is 0. The molecule has 0 aliphatic carbocycles. The quantitative estimate of drug-likeness (QED) is 0.576. The summed E-state index contributed by atoms with van der Waals surface area (Å²) in [5.41, 5.74) is 2.68. The molecule has 0 unspecified atom stereocenters. The zero-order valence-electron chi connectivity index (χ0n) is 16.2. The number of para-hydroxylation sites is 2. The van der Waals surface area contributed by atoms with Gasteiger partial charge in [-0.1, -0.05) is 36.4 Å². The van der Waals surface area contributed by atoms with Gasteiger partial charge in [-0.3, -0.25) is 9.79 Å². The highest BCUT2D eigenvalue weighted by Crippen LogP contribution is 2.26. The number of hydrogen-bond acceptors (Lipinski definition) is 3. The van der Waals surface area contributed by atoms with Crippen molar-refractivity contribution in [3.8, 4) is 5.75 Å². The second-order valence-electron chi connectivity index (χ2n) is 6.54. The van der Waals surface area contributed by atoms with Crippen molar-refractivity contribution >= 4 is 17.6 Å². The number of alkyl halides is 2. The minimum Gasteiger partial charge on any atom is -0.434 e. The van der Waals surface area contributed by atoms with E-state index >= 15 is 0 Å². The maximum atomic E-state index is 12.7. The van der Waals surface area contributed by atoms with Crippen molar-refractivity contribution in [2.24, 2.45) is 4.99 Å². The average molecular weight is 402 g/mol. The van der Waals surface area contributed by atoms with E-state index in [1.807, 2.05) is 24.3 Å². The third-order valence-electron chi connectivity index (χ3n) is 4.68. The van der Waals surface area contributed by atoms with Gasteiger partial charge in [-0.05, 0) is 30.5 Å². The number of ether oxygens (including phenoxy) is 1. The first kappa shape index (κ1) is 20.6. The molecule has 1 heterocycles. The number of fused-ring (bicyclic) bond motifs is 1. The Morgan fingerprint density at radius 1 is 1.17 bits per heavy atom. The summed E-state index contributed by atoms with van der Waals surface area (Å²) in [5, 5.41) is 6.01. The Morgan fingerprint density at radius 3 is 2.72 bits per heavy atom. The molecule has 0 fully saturated rings. The fourth-order valence-electron chi connectivity index (χ4n) is 3.31. The number of amides is 1. The van der Waals surface area contributed by atoms with Crippen LogP contribution in [0, 0.1) is 0 Å². The summed E-state index contributed by atoms with van der Waals surface area (Å²) in [6.07, 6.45) is 1.90. The van der Waals surface area contributed by atoms with E-state index in [-0.39, 0.29) is 24.7 Å². The fraction of sp³-hybridized carbons (Fsp3) is 0.333. The molecule has 1 aliphatic heterocycles. The molecule has 0 spiro atoms. The van der Waals surface area contributed by atoms with Crippen molar-refractivity contribution in [1.82, 2.24) is 10.6 Å². The summed E-state index contributed by atoms with van der Waals surface area (Å²) in [6.45, 7) is -1.91. The highest BCUT2D eigenvalue weighted by Gasteiger charge is 2.22. The molecule has 1 amide bonds. The van der Waals surface area contributed by atoms with Crippen LogP contribution in [0.25, 0.3) is 0 Å². The third kappa shape index (κ3) is 5.43. The van der Waals surface area contributed by atoms with Crippen molar-refractivity contribution in [3.05, 3.63) is 59.7 Å². The van der Waals surface area contributed by atoms with Crippen LogP contribution in [0.4, 0.5) is 14.5 Å². The molecule has 3 rings (SSSR count). The molecular formula is C21H24F2N4O2. The van der Waals surface area contributed by atoms with Gasteiger partial charge >= 0.3 is 6.61 Å². The molecule has 0 saturated carbocycles. The summed E-state index contributed by atoms with van der Waals surface area (Å²) in [6, 6.07) is 14.4. The molecule has 2 aromatic carbocycles. The van der Waals surface area contributed by atoms with E-state index in [1.165, 1.54) is 11.6 Å². The van der Waals surface area contributed by atoms with Gasteiger partial charge in [-0.25, -0.2) is 0 Å². The van der Waals surface area contributed by atoms with Crippen molar-refractivity contribution in [1.29, 1.82) is 0 Å². The molecule has 6 nitrogen and oxygen atoms in total. The normalized spacial score (nSPS) is 13.8. The molecule has 0 saturated heterocycles. The number of carbonyl (C=O) groups is 1. The van der Waals surface area contributed by atoms with Crippen LogP contribution in [-0.4, -0.2) is 38.6 Å². The lowest BCUT2D eigenvalue weighted by Gasteiger charge is -2.29. The Balaban J connectivity index is 1.56. The standard InChI is InChI=1S/C21H24F2N4O2/c1-24-21(25-13-16-8-3-5-11-18(16)29-20(22)23)26-14-19(28)27-12-6-9-15-7-2-4-10-17(15)27/h2-5,7-8,10-11,20H,6,9,12-14H2,1H3,(H2,24,25,26). The Morgan fingerprint density at radius 2 is 1.93 bits per heavy atom. The monoisotopic (exact) mass is 402 g/mol. The van der Waals surface area contributed by atoms with Crippen LogP contribution in [0.1, 0.15) is 17.5 Å². The van der Waals surface area contributed by atoms with Gasteiger partial charge in [0.25, 0.3) is 0 Å². The first-order chi connectivity index (χ1) is 14.1. The highest BCUT2D eigenvalue weighted by atomic mass is 19.3. The average Bonchev–Trinajstić information content (AvgIpc) is 2.74. The van der Waals surface area contributed by atoms with E-state index < -0.39 is 6.61 Å². The second-order valence-corrected chi connectivity index (χ2v) is 6.54. The van der Waals surface area contributed by atoms with E-state index in [1.54, 1.807) is 30.1 Å². The smallest absolute Gasteiger partial charge is 0.387 e. The summed E-state index contributed by atoms with van der Waals surface area (Å²) in [5.74, 6) is 0.448. The number of hydrogen-bond donors (Lipinski definition) is 2. The van der Waals surface area contributed by atoms with Crippen LogP contribution in [0.15, 0.2) is 53.5 Å². The van der Waals surface area contributed by atoms with Crippen molar-refractivity contribution in [3.63, 3.8) is 0 Å². The van der Waals surface area contributed by atoms with Gasteiger partial charge in [-0.15, -0.1) is 0 Å². The van der Waals surface area contributed by atoms with Crippen molar-refractivity contribution < 1.29 is 18.3 Å². The predicted octanol–water partition coefficient (Wildman–Crippen LogP) is 2.93. The number of aliphatic imine (C=N–C) groups is 1. The Kier molecular flexibility index (Phi) is 6.99. The number of aryl methyl sites for hydroxylation is 1. The van der Waals surface area contributed by atoms with Gasteiger partial charge in [-0.2, -0.15) is 8.78 Å². The predicted molar refractivity (Wildman–Crippen MR) is 108 cm³/mol. The van der Waals surface area contributed by atoms with Crippen LogP contribution in [0.2, 0.25) is 0 Å². The van der Waals surface area contributed by atoms with Crippen LogP contribution < -0.4 is 20.3 Å². The second kappa shape index (κ2) is 9.86. The number of guanidine groups is 1. The van der Waals surface area contributed by atoms with Gasteiger partial charge in [0.1, 0.15) is 5.75 Å². The molecule has 29 heavy (non-hydrogen) atoms. The number of benzene rings is 2. The van der Waals surface area contributed by atoms with Crippen molar-refractivity contribution in [2.45, 2.75) is 26.0 Å². The van der Waals surface area contributed by atoms with Gasteiger partial charge in [0, 0.05) is 31.4 Å². The maximum Gasteiger partial charge on any atom is 0.387 e. The molecule has 2 aromatic rings. The van der Waals surface area contributed by atoms with Gasteiger partial charge in [0.2, 0.25) is 5.91 Å². The van der Waals surface area contributed by atoms with E-state index in [2.05, 4.69) is 20.4 Å².